The average molecular weight is 531 g/mol. The molecule has 0 atom stereocenters. The number of amides is 2. The van der Waals surface area contributed by atoms with Crippen LogP contribution in [0.25, 0.3) is 10.9 Å². The summed E-state index contributed by atoms with van der Waals surface area (Å²) in [7, 11) is 1.54. The maximum Gasteiger partial charge on any atom is 0.262 e. The van der Waals surface area contributed by atoms with E-state index >= 15 is 0 Å². The van der Waals surface area contributed by atoms with Crippen LogP contribution < -0.4 is 20.9 Å². The number of para-hydroxylation sites is 3. The van der Waals surface area contributed by atoms with Crippen LogP contribution in [0.1, 0.15) is 18.4 Å². The first-order chi connectivity index (χ1) is 18.5. The summed E-state index contributed by atoms with van der Waals surface area (Å²) in [4.78, 5) is 42.9. The van der Waals surface area contributed by atoms with Gasteiger partial charge in [0.05, 0.1) is 29.5 Å². The van der Waals surface area contributed by atoms with Gasteiger partial charge in [-0.15, -0.1) is 0 Å². The first kappa shape index (κ1) is 26.9. The minimum absolute atomic E-state index is 0.0583. The van der Waals surface area contributed by atoms with Gasteiger partial charge in [-0.3, -0.25) is 19.0 Å². The van der Waals surface area contributed by atoms with Crippen LogP contribution in [0.15, 0.2) is 88.8 Å². The van der Waals surface area contributed by atoms with Crippen LogP contribution in [0.4, 0.5) is 5.69 Å². The Morgan fingerprint density at radius 1 is 0.947 bits per heavy atom. The van der Waals surface area contributed by atoms with Crippen molar-refractivity contribution in [1.29, 1.82) is 0 Å². The Hall–Kier alpha value is -4.11. The molecule has 0 aliphatic carbocycles. The van der Waals surface area contributed by atoms with Crippen molar-refractivity contribution in [3.05, 3.63) is 94.8 Å². The van der Waals surface area contributed by atoms with Crippen molar-refractivity contribution in [1.82, 2.24) is 14.9 Å². The van der Waals surface area contributed by atoms with Crippen LogP contribution in [0.5, 0.6) is 5.75 Å². The second-order valence-electron chi connectivity index (χ2n) is 8.59. The van der Waals surface area contributed by atoms with E-state index in [4.69, 9.17) is 4.74 Å². The molecule has 38 heavy (non-hydrogen) atoms. The van der Waals surface area contributed by atoms with E-state index in [9.17, 15) is 14.4 Å². The molecule has 2 N–H and O–H groups in total. The molecule has 4 aromatic rings. The van der Waals surface area contributed by atoms with Crippen molar-refractivity contribution in [2.45, 2.75) is 31.0 Å². The smallest absolute Gasteiger partial charge is 0.262 e. The number of ether oxygens (including phenoxy) is 1. The van der Waals surface area contributed by atoms with Crippen LogP contribution in [-0.4, -0.2) is 40.8 Å². The molecule has 0 fully saturated rings. The van der Waals surface area contributed by atoms with Gasteiger partial charge < -0.3 is 15.4 Å². The molecule has 1 aromatic heterocycles. The summed E-state index contributed by atoms with van der Waals surface area (Å²) in [5, 5.41) is 6.72. The van der Waals surface area contributed by atoms with Gasteiger partial charge in [-0.05, 0) is 42.7 Å². The molecule has 3 aromatic carbocycles. The molecule has 0 bridgehead atoms. The molecular weight excluding hydrogens is 500 g/mol. The quantitative estimate of drug-likeness (QED) is 0.209. The Kier molecular flexibility index (Phi) is 9.53. The lowest BCUT2D eigenvalue weighted by atomic mass is 10.1. The largest absolute Gasteiger partial charge is 0.495 e. The number of carbonyl (C=O) groups excluding carboxylic acids is 2. The zero-order valence-electron chi connectivity index (χ0n) is 21.2. The molecular formula is C29H30N4O4S. The number of nitrogens with zero attached hydrogens (tertiary/aromatic N) is 2. The Morgan fingerprint density at radius 2 is 1.68 bits per heavy atom. The van der Waals surface area contributed by atoms with Gasteiger partial charge in [-0.2, -0.15) is 0 Å². The number of thioether (sulfide) groups is 1. The summed E-state index contributed by atoms with van der Waals surface area (Å²) in [5.41, 5.74) is 2.12. The monoisotopic (exact) mass is 530 g/mol. The number of hydrogen-bond donors (Lipinski definition) is 2. The molecule has 2 amide bonds. The molecule has 0 aliphatic heterocycles. The fourth-order valence-electron chi connectivity index (χ4n) is 4.00. The Morgan fingerprint density at radius 3 is 2.50 bits per heavy atom. The van der Waals surface area contributed by atoms with E-state index in [1.165, 1.54) is 11.8 Å². The van der Waals surface area contributed by atoms with Crippen molar-refractivity contribution in [2.75, 3.05) is 24.7 Å². The first-order valence-corrected chi connectivity index (χ1v) is 13.4. The van der Waals surface area contributed by atoms with Gasteiger partial charge in [0.2, 0.25) is 11.8 Å². The molecule has 9 heteroatoms. The maximum absolute atomic E-state index is 13.3. The lowest BCUT2D eigenvalue weighted by Gasteiger charge is -2.14. The van der Waals surface area contributed by atoms with Crippen molar-refractivity contribution in [3.63, 3.8) is 0 Å². The molecule has 4 rings (SSSR count). The normalized spacial score (nSPS) is 10.8. The van der Waals surface area contributed by atoms with Crippen LogP contribution >= 0.6 is 11.8 Å². The second kappa shape index (κ2) is 13.4. The first-order valence-electron chi connectivity index (χ1n) is 12.4. The van der Waals surface area contributed by atoms with Gasteiger partial charge in [-0.1, -0.05) is 66.4 Å². The third-order valence-electron chi connectivity index (χ3n) is 5.90. The zero-order valence-corrected chi connectivity index (χ0v) is 22.0. The molecule has 0 unspecified atom stereocenters. The number of fused-ring (bicyclic) bond motifs is 1. The highest BCUT2D eigenvalue weighted by Crippen LogP contribution is 2.24. The number of benzene rings is 3. The molecule has 8 nitrogen and oxygen atoms in total. The summed E-state index contributed by atoms with van der Waals surface area (Å²) in [5.74, 6) is 0.316. The summed E-state index contributed by atoms with van der Waals surface area (Å²) in [6.07, 6.45) is 1.52. The van der Waals surface area contributed by atoms with Gasteiger partial charge in [0.1, 0.15) is 5.75 Å². The van der Waals surface area contributed by atoms with Gasteiger partial charge in [0.15, 0.2) is 5.16 Å². The Balaban J connectivity index is 1.38. The zero-order chi connectivity index (χ0) is 26.7. The summed E-state index contributed by atoms with van der Waals surface area (Å²) >= 11 is 1.19. The van der Waals surface area contributed by atoms with E-state index in [1.807, 2.05) is 48.5 Å². The van der Waals surface area contributed by atoms with Crippen LogP contribution in [0.3, 0.4) is 0 Å². The number of rotatable bonds is 12. The van der Waals surface area contributed by atoms with Gasteiger partial charge >= 0.3 is 0 Å². The maximum atomic E-state index is 13.3. The lowest BCUT2D eigenvalue weighted by molar-refractivity contribution is -0.121. The van der Waals surface area contributed by atoms with Gasteiger partial charge in [0.25, 0.3) is 5.56 Å². The van der Waals surface area contributed by atoms with E-state index in [-0.39, 0.29) is 29.5 Å². The average Bonchev–Trinajstić information content (AvgIpc) is 2.94. The number of hydrogen-bond acceptors (Lipinski definition) is 6. The minimum atomic E-state index is -0.244. The van der Waals surface area contributed by atoms with Crippen LogP contribution in [0, 0.1) is 0 Å². The summed E-state index contributed by atoms with van der Waals surface area (Å²) < 4.78 is 6.85. The minimum Gasteiger partial charge on any atom is -0.495 e. The van der Waals surface area contributed by atoms with E-state index in [2.05, 4.69) is 15.6 Å². The summed E-state index contributed by atoms with van der Waals surface area (Å²) in [6.45, 7) is 0.877. The Bertz CT molecular complexity index is 1460. The molecule has 0 radical (unpaired) electrons. The van der Waals surface area contributed by atoms with Crippen LogP contribution in [-0.2, 0) is 22.6 Å². The number of nitrogens with one attached hydrogen (secondary N) is 2. The highest BCUT2D eigenvalue weighted by molar-refractivity contribution is 7.99. The lowest BCUT2D eigenvalue weighted by Crippen LogP contribution is -2.27. The van der Waals surface area contributed by atoms with E-state index in [0.29, 0.717) is 47.0 Å². The number of aromatic nitrogens is 2. The number of anilines is 1. The highest BCUT2D eigenvalue weighted by atomic mass is 32.2. The highest BCUT2D eigenvalue weighted by Gasteiger charge is 2.15. The molecule has 1 heterocycles. The standard InChI is InChI=1S/C29H30N4O4S/c1-37-25-15-8-7-14-24(25)31-27(35)20-38-29-32-23-13-6-5-12-22(23)28(36)33(29)19-9-16-26(34)30-18-17-21-10-3-2-4-11-21/h2-8,10-15H,9,16-20H2,1H3,(H,30,34)(H,31,35). The topological polar surface area (TPSA) is 102 Å². The molecule has 196 valence electrons. The molecule has 0 saturated heterocycles. The SMILES string of the molecule is COc1ccccc1NC(=O)CSc1nc2ccccc2c(=O)n1CCCC(=O)NCCc1ccccc1. The fraction of sp³-hybridized carbons (Fsp3) is 0.241. The molecule has 0 spiro atoms. The van der Waals surface area contributed by atoms with Gasteiger partial charge in [0, 0.05) is 19.5 Å². The van der Waals surface area contributed by atoms with Crippen molar-refractivity contribution in [3.8, 4) is 5.75 Å². The Labute approximate surface area is 225 Å². The van der Waals surface area contributed by atoms with Crippen molar-refractivity contribution < 1.29 is 14.3 Å². The predicted octanol–water partition coefficient (Wildman–Crippen LogP) is 4.28. The predicted molar refractivity (Wildman–Crippen MR) is 151 cm³/mol. The summed E-state index contributed by atoms with van der Waals surface area (Å²) in [6, 6.07) is 24.3. The third kappa shape index (κ3) is 7.23. The third-order valence-corrected chi connectivity index (χ3v) is 6.88. The number of carbonyl (C=O) groups is 2. The van der Waals surface area contributed by atoms with E-state index in [0.717, 1.165) is 12.0 Å². The fourth-order valence-corrected chi connectivity index (χ4v) is 4.82. The molecule has 0 aliphatic rings. The van der Waals surface area contributed by atoms with E-state index < -0.39 is 0 Å². The van der Waals surface area contributed by atoms with Crippen molar-refractivity contribution >= 4 is 40.2 Å². The second-order valence-corrected chi connectivity index (χ2v) is 9.54. The molecule has 0 saturated carbocycles. The van der Waals surface area contributed by atoms with Gasteiger partial charge in [-0.25, -0.2) is 4.98 Å². The number of methoxy groups -OCH3 is 1. The van der Waals surface area contributed by atoms with Crippen molar-refractivity contribution in [2.24, 2.45) is 0 Å². The van der Waals surface area contributed by atoms with Crippen LogP contribution in [0.2, 0.25) is 0 Å². The van der Waals surface area contributed by atoms with E-state index in [1.54, 1.807) is 42.0 Å².